The van der Waals surface area contributed by atoms with Crippen LogP contribution in [0.2, 0.25) is 0 Å². The van der Waals surface area contributed by atoms with Gasteiger partial charge in [0.05, 0.1) is 25.0 Å². The van der Waals surface area contributed by atoms with Crippen LogP contribution >= 0.6 is 0 Å². The largest absolute Gasteiger partial charge is 0.379 e. The Hall–Kier alpha value is -2.29. The van der Waals surface area contributed by atoms with Crippen molar-refractivity contribution in [3.8, 4) is 11.4 Å². The minimum atomic E-state index is -3.31. The monoisotopic (exact) mass is 386 g/mol. The van der Waals surface area contributed by atoms with Crippen molar-refractivity contribution in [2.45, 2.75) is 6.04 Å². The predicted molar refractivity (Wildman–Crippen MR) is 104 cm³/mol. The standard InChI is InChI=1S/C19H22N4O3S/c1-22(2)27(24,25)13-15-11-26-12-18(15)23-9-8-21-19(23)17-5-3-4-14-10-20-7-6-16(14)17/h3-10,15,18H,11-13H2,1-2H3/t15-,18-/m1/s1. The van der Waals surface area contributed by atoms with Crippen LogP contribution in [-0.2, 0) is 14.8 Å². The molecule has 0 saturated carbocycles. The average molecular weight is 386 g/mol. The first-order valence-corrected chi connectivity index (χ1v) is 10.4. The van der Waals surface area contributed by atoms with Crippen molar-refractivity contribution in [1.29, 1.82) is 0 Å². The minimum absolute atomic E-state index is 0.0573. The maximum atomic E-state index is 12.4. The second kappa shape index (κ2) is 7.03. The Labute approximate surface area is 158 Å². The zero-order chi connectivity index (χ0) is 19.0. The van der Waals surface area contributed by atoms with Gasteiger partial charge in [0.1, 0.15) is 5.82 Å². The van der Waals surface area contributed by atoms with Gasteiger partial charge in [-0.05, 0) is 11.5 Å². The molecule has 2 atom stereocenters. The van der Waals surface area contributed by atoms with Crippen molar-refractivity contribution >= 4 is 20.8 Å². The second-order valence-corrected chi connectivity index (χ2v) is 9.21. The van der Waals surface area contributed by atoms with E-state index >= 15 is 0 Å². The van der Waals surface area contributed by atoms with Crippen LogP contribution in [0.25, 0.3) is 22.2 Å². The molecule has 1 fully saturated rings. The number of fused-ring (bicyclic) bond motifs is 1. The molecule has 142 valence electrons. The summed E-state index contributed by atoms with van der Waals surface area (Å²) in [4.78, 5) is 8.76. The fourth-order valence-corrected chi connectivity index (χ4v) is 4.74. The summed E-state index contributed by atoms with van der Waals surface area (Å²) in [6.07, 6.45) is 7.26. The van der Waals surface area contributed by atoms with Crippen LogP contribution in [0.1, 0.15) is 6.04 Å². The van der Waals surface area contributed by atoms with Gasteiger partial charge in [0.25, 0.3) is 0 Å². The highest BCUT2D eigenvalue weighted by Crippen LogP contribution is 2.34. The van der Waals surface area contributed by atoms with Crippen LogP contribution < -0.4 is 0 Å². The number of benzene rings is 1. The molecular formula is C19H22N4O3S. The number of imidazole rings is 1. The molecule has 0 aliphatic carbocycles. The van der Waals surface area contributed by atoms with Crippen LogP contribution in [0.15, 0.2) is 49.1 Å². The quantitative estimate of drug-likeness (QED) is 0.672. The third-order valence-electron chi connectivity index (χ3n) is 5.09. The van der Waals surface area contributed by atoms with Gasteiger partial charge in [-0.1, -0.05) is 18.2 Å². The van der Waals surface area contributed by atoms with Crippen molar-refractivity contribution in [1.82, 2.24) is 18.8 Å². The minimum Gasteiger partial charge on any atom is -0.379 e. The van der Waals surface area contributed by atoms with Gasteiger partial charge in [0.2, 0.25) is 10.0 Å². The van der Waals surface area contributed by atoms with Gasteiger partial charge in [0, 0.05) is 55.8 Å². The normalized spacial score (nSPS) is 20.6. The summed E-state index contributed by atoms with van der Waals surface area (Å²) in [6, 6.07) is 7.93. The number of aromatic nitrogens is 3. The predicted octanol–water partition coefficient (Wildman–Crippen LogP) is 2.18. The summed E-state index contributed by atoms with van der Waals surface area (Å²) < 4.78 is 33.7. The molecule has 27 heavy (non-hydrogen) atoms. The molecule has 0 spiro atoms. The number of hydrogen-bond acceptors (Lipinski definition) is 5. The van der Waals surface area contributed by atoms with Crippen LogP contribution in [-0.4, -0.2) is 60.3 Å². The fourth-order valence-electron chi connectivity index (χ4n) is 3.58. The van der Waals surface area contributed by atoms with Crippen molar-refractivity contribution in [3.05, 3.63) is 49.1 Å². The first kappa shape index (κ1) is 18.1. The lowest BCUT2D eigenvalue weighted by Gasteiger charge is -2.23. The van der Waals surface area contributed by atoms with Gasteiger partial charge < -0.3 is 9.30 Å². The molecule has 3 aromatic rings. The molecule has 3 heterocycles. The molecule has 1 aliphatic rings. The summed E-state index contributed by atoms with van der Waals surface area (Å²) in [7, 11) is -0.182. The zero-order valence-electron chi connectivity index (χ0n) is 15.3. The molecule has 1 aliphatic heterocycles. The van der Waals surface area contributed by atoms with Gasteiger partial charge in [-0.15, -0.1) is 0 Å². The van der Waals surface area contributed by atoms with Gasteiger partial charge in [-0.3, -0.25) is 4.98 Å². The molecule has 8 heteroatoms. The van der Waals surface area contributed by atoms with Crippen molar-refractivity contribution in [2.24, 2.45) is 5.92 Å². The van der Waals surface area contributed by atoms with Gasteiger partial charge in [-0.25, -0.2) is 17.7 Å². The van der Waals surface area contributed by atoms with Gasteiger partial charge in [0.15, 0.2) is 0 Å². The smallest absolute Gasteiger partial charge is 0.214 e. The van der Waals surface area contributed by atoms with E-state index in [2.05, 4.69) is 14.5 Å². The Kier molecular flexibility index (Phi) is 4.71. The first-order valence-electron chi connectivity index (χ1n) is 8.81. The molecule has 0 radical (unpaired) electrons. The lowest BCUT2D eigenvalue weighted by Crippen LogP contribution is -2.32. The Bertz CT molecular complexity index is 1060. The molecule has 2 aromatic heterocycles. The zero-order valence-corrected chi connectivity index (χ0v) is 16.1. The molecular weight excluding hydrogens is 364 g/mol. The molecule has 0 unspecified atom stereocenters. The van der Waals surface area contributed by atoms with Gasteiger partial charge in [-0.2, -0.15) is 0 Å². The van der Waals surface area contributed by atoms with Gasteiger partial charge >= 0.3 is 0 Å². The third kappa shape index (κ3) is 3.36. The third-order valence-corrected chi connectivity index (χ3v) is 7.06. The lowest BCUT2D eigenvalue weighted by atomic mass is 10.0. The van der Waals surface area contributed by atoms with E-state index in [1.165, 1.54) is 4.31 Å². The summed E-state index contributed by atoms with van der Waals surface area (Å²) in [5.74, 6) is 0.749. The van der Waals surface area contributed by atoms with Crippen molar-refractivity contribution in [3.63, 3.8) is 0 Å². The van der Waals surface area contributed by atoms with E-state index < -0.39 is 10.0 Å². The number of sulfonamides is 1. The van der Waals surface area contributed by atoms with E-state index in [1.807, 2.05) is 36.7 Å². The molecule has 4 rings (SSSR count). The topological polar surface area (TPSA) is 77.3 Å². The highest BCUT2D eigenvalue weighted by Gasteiger charge is 2.35. The molecule has 0 amide bonds. The Morgan fingerprint density at radius 2 is 2.07 bits per heavy atom. The summed E-state index contributed by atoms with van der Waals surface area (Å²) in [5.41, 5.74) is 1.00. The molecule has 7 nitrogen and oxygen atoms in total. The number of pyridine rings is 1. The van der Waals surface area contributed by atoms with E-state index in [0.717, 1.165) is 22.2 Å². The highest BCUT2D eigenvalue weighted by molar-refractivity contribution is 7.89. The van der Waals surface area contributed by atoms with Crippen LogP contribution in [0.5, 0.6) is 0 Å². The fraction of sp³-hybridized carbons (Fsp3) is 0.368. The molecule has 1 aromatic carbocycles. The van der Waals surface area contributed by atoms with Crippen LogP contribution in [0.3, 0.4) is 0 Å². The maximum absolute atomic E-state index is 12.4. The van der Waals surface area contributed by atoms with Crippen molar-refractivity contribution < 1.29 is 13.2 Å². The van der Waals surface area contributed by atoms with E-state index in [4.69, 9.17) is 4.74 Å². The summed E-state index contributed by atoms with van der Waals surface area (Å²) >= 11 is 0. The number of nitrogens with zero attached hydrogens (tertiary/aromatic N) is 4. The number of ether oxygens (including phenoxy) is 1. The maximum Gasteiger partial charge on any atom is 0.214 e. The highest BCUT2D eigenvalue weighted by atomic mass is 32.2. The summed E-state index contributed by atoms with van der Waals surface area (Å²) in [6.45, 7) is 0.901. The van der Waals surface area contributed by atoms with E-state index in [9.17, 15) is 8.42 Å². The van der Waals surface area contributed by atoms with E-state index in [1.54, 1.807) is 26.5 Å². The molecule has 1 saturated heterocycles. The Balaban J connectivity index is 1.73. The van der Waals surface area contributed by atoms with E-state index in [-0.39, 0.29) is 17.7 Å². The SMILES string of the molecule is CN(C)S(=O)(=O)C[C@H]1COC[C@H]1n1ccnc1-c1cccc2cnccc12. The van der Waals surface area contributed by atoms with Crippen LogP contribution in [0, 0.1) is 5.92 Å². The average Bonchev–Trinajstić information content (AvgIpc) is 3.29. The summed E-state index contributed by atoms with van der Waals surface area (Å²) in [5, 5.41) is 2.11. The molecule has 0 N–H and O–H groups in total. The van der Waals surface area contributed by atoms with Crippen molar-refractivity contribution in [2.75, 3.05) is 33.1 Å². The number of rotatable bonds is 5. The van der Waals surface area contributed by atoms with Crippen LogP contribution in [0.4, 0.5) is 0 Å². The second-order valence-electron chi connectivity index (χ2n) is 6.99. The number of hydrogen-bond donors (Lipinski definition) is 0. The first-order chi connectivity index (χ1) is 13.0. The Morgan fingerprint density at radius 3 is 2.89 bits per heavy atom. The Morgan fingerprint density at radius 1 is 1.22 bits per heavy atom. The van der Waals surface area contributed by atoms with E-state index in [0.29, 0.717) is 13.2 Å². The molecule has 0 bridgehead atoms. The lowest BCUT2D eigenvalue weighted by molar-refractivity contribution is 0.182.